The summed E-state index contributed by atoms with van der Waals surface area (Å²) in [6.07, 6.45) is 3.54. The molecule has 0 bridgehead atoms. The Balaban J connectivity index is 1.25. The molecule has 3 heteroatoms. The van der Waals surface area contributed by atoms with E-state index in [2.05, 4.69) is 73.4 Å². The van der Waals surface area contributed by atoms with E-state index in [0.29, 0.717) is 11.8 Å². The molecule has 2 heterocycles. The number of hydrogen-bond donors (Lipinski definition) is 0. The van der Waals surface area contributed by atoms with Crippen molar-refractivity contribution in [3.05, 3.63) is 90.0 Å². The van der Waals surface area contributed by atoms with Crippen molar-refractivity contribution in [1.82, 2.24) is 4.98 Å². The van der Waals surface area contributed by atoms with Crippen molar-refractivity contribution in [3.63, 3.8) is 0 Å². The fraction of sp³-hybridized carbons (Fsp3) is 0.265. The van der Waals surface area contributed by atoms with Crippen LogP contribution in [0.2, 0.25) is 0 Å². The summed E-state index contributed by atoms with van der Waals surface area (Å²) in [6.45, 7) is 4.64. The molecule has 6 aromatic rings. The van der Waals surface area contributed by atoms with E-state index in [-0.39, 0.29) is 0 Å². The standard InChI is InChI=1S/C34H29NO2/c1-3-4-7-20-10-15-28-25(16-20)26-18-23(32-30-19(2)31(30)32)17-24(33(26)36-28)21-11-13-22(14-12-21)34-35-27-8-5-6-9-29(27)37-34/h5-6,8-19,30-32H,3-4,7H2,1-2H3. The van der Waals surface area contributed by atoms with Crippen molar-refractivity contribution in [3.8, 4) is 22.6 Å². The Labute approximate surface area is 216 Å². The molecule has 0 saturated heterocycles. The Hall–Kier alpha value is -3.85. The predicted octanol–water partition coefficient (Wildman–Crippen LogP) is 9.38. The summed E-state index contributed by atoms with van der Waals surface area (Å²) >= 11 is 0. The van der Waals surface area contributed by atoms with Crippen molar-refractivity contribution in [2.24, 2.45) is 17.8 Å². The molecule has 2 unspecified atom stereocenters. The largest absolute Gasteiger partial charge is 0.455 e. The molecule has 0 spiro atoms. The number of para-hydroxylation sites is 2. The molecule has 8 rings (SSSR count). The summed E-state index contributed by atoms with van der Waals surface area (Å²) in [6, 6.07) is 28.1. The van der Waals surface area contributed by atoms with Crippen LogP contribution in [-0.2, 0) is 6.42 Å². The van der Waals surface area contributed by atoms with Crippen LogP contribution in [0.4, 0.5) is 0 Å². The average molecular weight is 484 g/mol. The lowest BCUT2D eigenvalue weighted by molar-refractivity contribution is 0.607. The first-order valence-corrected chi connectivity index (χ1v) is 13.6. The van der Waals surface area contributed by atoms with E-state index in [0.717, 1.165) is 52.0 Å². The molecule has 2 aliphatic carbocycles. The molecule has 0 radical (unpaired) electrons. The van der Waals surface area contributed by atoms with Gasteiger partial charge in [0.25, 0.3) is 0 Å². The SMILES string of the molecule is CCCCc1ccc2oc3c(-c4ccc(-c5nc6ccccc6o5)cc4)cc(C4C5C(C)C45)cc3c2c1. The number of aryl methyl sites for hydroxylation is 1. The second-order valence-electron chi connectivity index (χ2n) is 11.1. The first-order chi connectivity index (χ1) is 18.2. The van der Waals surface area contributed by atoms with Crippen molar-refractivity contribution in [2.75, 3.05) is 0 Å². The predicted molar refractivity (Wildman–Crippen MR) is 150 cm³/mol. The van der Waals surface area contributed by atoms with Crippen molar-refractivity contribution < 1.29 is 8.83 Å². The molecule has 182 valence electrons. The van der Waals surface area contributed by atoms with Crippen molar-refractivity contribution >= 4 is 33.0 Å². The van der Waals surface area contributed by atoms with Crippen LogP contribution in [-0.4, -0.2) is 4.98 Å². The van der Waals surface area contributed by atoms with Crippen LogP contribution in [0.5, 0.6) is 0 Å². The van der Waals surface area contributed by atoms with E-state index in [4.69, 9.17) is 8.83 Å². The minimum atomic E-state index is 0.655. The molecule has 2 fully saturated rings. The molecule has 3 nitrogen and oxygen atoms in total. The van der Waals surface area contributed by atoms with Gasteiger partial charge in [-0.1, -0.05) is 50.6 Å². The van der Waals surface area contributed by atoms with Crippen LogP contribution in [0.3, 0.4) is 0 Å². The second-order valence-corrected chi connectivity index (χ2v) is 11.1. The van der Waals surface area contributed by atoms with Gasteiger partial charge in [-0.05, 0) is 102 Å². The normalized spacial score (nSPS) is 22.1. The third-order valence-corrected chi connectivity index (χ3v) is 8.80. The maximum absolute atomic E-state index is 6.54. The van der Waals surface area contributed by atoms with E-state index < -0.39 is 0 Å². The minimum absolute atomic E-state index is 0.655. The third kappa shape index (κ3) is 3.30. The maximum atomic E-state index is 6.54. The Bertz CT molecular complexity index is 1760. The Kier molecular flexibility index (Phi) is 4.49. The van der Waals surface area contributed by atoms with Gasteiger partial charge >= 0.3 is 0 Å². The highest BCUT2D eigenvalue weighted by atomic mass is 16.3. The number of furan rings is 1. The molecule has 2 aliphatic rings. The van der Waals surface area contributed by atoms with E-state index in [1.54, 1.807) is 0 Å². The van der Waals surface area contributed by atoms with Crippen LogP contribution >= 0.6 is 0 Å². The molecular formula is C34H29NO2. The maximum Gasteiger partial charge on any atom is 0.227 e. The molecule has 0 amide bonds. The Morgan fingerprint density at radius 1 is 0.784 bits per heavy atom. The van der Waals surface area contributed by atoms with Gasteiger partial charge in [0, 0.05) is 21.9 Å². The zero-order valence-electron chi connectivity index (χ0n) is 21.2. The summed E-state index contributed by atoms with van der Waals surface area (Å²) in [5.41, 5.74) is 9.86. The molecule has 37 heavy (non-hydrogen) atoms. The Morgan fingerprint density at radius 3 is 2.38 bits per heavy atom. The number of fused-ring (bicyclic) bond motifs is 5. The number of unbranched alkanes of at least 4 members (excludes halogenated alkanes) is 1. The molecule has 2 aromatic heterocycles. The summed E-state index contributed by atoms with van der Waals surface area (Å²) in [7, 11) is 0. The average Bonchev–Trinajstić information content (AvgIpc) is 3.72. The molecule has 2 atom stereocenters. The lowest BCUT2D eigenvalue weighted by Gasteiger charge is -2.12. The number of benzene rings is 4. The number of nitrogens with zero attached hydrogens (tertiary/aromatic N) is 1. The number of aromatic nitrogens is 1. The number of oxazole rings is 1. The number of hydrogen-bond acceptors (Lipinski definition) is 3. The lowest BCUT2D eigenvalue weighted by atomic mass is 9.92. The van der Waals surface area contributed by atoms with Crippen LogP contribution < -0.4 is 0 Å². The van der Waals surface area contributed by atoms with Gasteiger partial charge in [0.15, 0.2) is 5.58 Å². The van der Waals surface area contributed by atoms with Gasteiger partial charge in [-0.2, -0.15) is 0 Å². The van der Waals surface area contributed by atoms with Crippen LogP contribution in [0.25, 0.3) is 55.6 Å². The van der Waals surface area contributed by atoms with E-state index >= 15 is 0 Å². The highest BCUT2D eigenvalue weighted by Gasteiger charge is 2.71. The van der Waals surface area contributed by atoms with Crippen LogP contribution in [0, 0.1) is 17.8 Å². The van der Waals surface area contributed by atoms with Crippen molar-refractivity contribution in [1.29, 1.82) is 0 Å². The van der Waals surface area contributed by atoms with E-state index in [9.17, 15) is 0 Å². The van der Waals surface area contributed by atoms with Gasteiger partial charge < -0.3 is 8.83 Å². The van der Waals surface area contributed by atoms with Gasteiger partial charge in [-0.3, -0.25) is 0 Å². The summed E-state index contributed by atoms with van der Waals surface area (Å²) in [5, 5.41) is 2.50. The minimum Gasteiger partial charge on any atom is -0.455 e. The molecular weight excluding hydrogens is 454 g/mol. The smallest absolute Gasteiger partial charge is 0.227 e. The lowest BCUT2D eigenvalue weighted by Crippen LogP contribution is -1.96. The summed E-state index contributed by atoms with van der Waals surface area (Å²) in [4.78, 5) is 4.67. The zero-order chi connectivity index (χ0) is 24.7. The third-order valence-electron chi connectivity index (χ3n) is 8.80. The van der Waals surface area contributed by atoms with Gasteiger partial charge in [-0.15, -0.1) is 0 Å². The van der Waals surface area contributed by atoms with E-state index in [1.807, 2.05) is 24.3 Å². The fourth-order valence-electron chi connectivity index (χ4n) is 6.52. The quantitative estimate of drug-likeness (QED) is 0.237. The molecule has 0 N–H and O–H groups in total. The van der Waals surface area contributed by atoms with Crippen molar-refractivity contribution in [2.45, 2.75) is 39.0 Å². The number of rotatable bonds is 6. The highest BCUT2D eigenvalue weighted by molar-refractivity contribution is 6.10. The Morgan fingerprint density at radius 2 is 1.59 bits per heavy atom. The summed E-state index contributed by atoms with van der Waals surface area (Å²) < 4.78 is 12.5. The van der Waals surface area contributed by atoms with Gasteiger partial charge in [-0.25, -0.2) is 4.98 Å². The molecule has 4 aromatic carbocycles. The second kappa shape index (κ2) is 7.82. The fourth-order valence-corrected chi connectivity index (χ4v) is 6.52. The highest BCUT2D eigenvalue weighted by Crippen LogP contribution is 2.77. The van der Waals surface area contributed by atoms with Gasteiger partial charge in [0.05, 0.1) is 0 Å². The van der Waals surface area contributed by atoms with Crippen LogP contribution in [0.1, 0.15) is 43.7 Å². The first-order valence-electron chi connectivity index (χ1n) is 13.6. The first kappa shape index (κ1) is 21.3. The monoisotopic (exact) mass is 483 g/mol. The van der Waals surface area contributed by atoms with Gasteiger partial charge in [0.1, 0.15) is 16.7 Å². The zero-order valence-corrected chi connectivity index (χ0v) is 21.2. The van der Waals surface area contributed by atoms with Crippen LogP contribution in [0.15, 0.2) is 87.7 Å². The van der Waals surface area contributed by atoms with E-state index in [1.165, 1.54) is 45.9 Å². The van der Waals surface area contributed by atoms with Gasteiger partial charge in [0.2, 0.25) is 5.89 Å². The summed E-state index contributed by atoms with van der Waals surface area (Å²) in [5.74, 6) is 4.02. The molecule has 0 aliphatic heterocycles. The topological polar surface area (TPSA) is 39.2 Å². The molecule has 2 saturated carbocycles.